The van der Waals surface area contributed by atoms with Crippen LogP contribution in [0.2, 0.25) is 0 Å². The van der Waals surface area contributed by atoms with Gasteiger partial charge in [-0.2, -0.15) is 0 Å². The first-order valence-electron chi connectivity index (χ1n) is 4.81. The maximum absolute atomic E-state index is 10.5. The number of hydrogen-bond acceptors (Lipinski definition) is 4. The van der Waals surface area contributed by atoms with Gasteiger partial charge in [-0.05, 0) is 12.3 Å². The SMILES string of the molecule is CC(C)CC1CN=C(NCC(N)=O)S1. The van der Waals surface area contributed by atoms with E-state index in [0.29, 0.717) is 11.2 Å². The van der Waals surface area contributed by atoms with Crippen molar-refractivity contribution in [2.75, 3.05) is 13.1 Å². The van der Waals surface area contributed by atoms with Gasteiger partial charge in [0.25, 0.3) is 0 Å². The molecule has 1 unspecified atom stereocenters. The number of nitrogens with two attached hydrogens (primary N) is 1. The zero-order valence-corrected chi connectivity index (χ0v) is 9.43. The fourth-order valence-corrected chi connectivity index (χ4v) is 2.58. The summed E-state index contributed by atoms with van der Waals surface area (Å²) in [6.45, 7) is 5.44. The lowest BCUT2D eigenvalue weighted by Crippen LogP contribution is -2.31. The van der Waals surface area contributed by atoms with Crippen molar-refractivity contribution in [1.82, 2.24) is 5.32 Å². The average Bonchev–Trinajstić information content (AvgIpc) is 2.47. The van der Waals surface area contributed by atoms with Crippen molar-refractivity contribution in [3.8, 4) is 0 Å². The molecule has 1 aliphatic heterocycles. The lowest BCUT2D eigenvalue weighted by molar-refractivity contribution is -0.116. The second-order valence-corrected chi connectivity index (χ2v) is 5.12. The number of aliphatic imine (C=N–C) groups is 1. The Hall–Kier alpha value is -0.710. The fraction of sp³-hybridized carbons (Fsp3) is 0.778. The molecule has 1 atom stereocenters. The molecular formula is C9H17N3OS. The standard InChI is InChI=1S/C9H17N3OS/c1-6(2)3-7-4-11-9(14-7)12-5-8(10)13/h6-7H,3-5H2,1-2H3,(H2,10,13)(H,11,12). The molecule has 1 rings (SSSR count). The van der Waals surface area contributed by atoms with Crippen LogP contribution in [0.15, 0.2) is 4.99 Å². The van der Waals surface area contributed by atoms with Gasteiger partial charge in [-0.3, -0.25) is 9.79 Å². The minimum atomic E-state index is -0.347. The van der Waals surface area contributed by atoms with E-state index >= 15 is 0 Å². The Labute approximate surface area is 88.7 Å². The van der Waals surface area contributed by atoms with E-state index in [1.807, 2.05) is 0 Å². The molecule has 0 saturated carbocycles. The van der Waals surface area contributed by atoms with Crippen molar-refractivity contribution in [2.45, 2.75) is 25.5 Å². The third-order valence-corrected chi connectivity index (χ3v) is 3.04. The summed E-state index contributed by atoms with van der Waals surface area (Å²) in [5.41, 5.74) is 5.02. The molecule has 0 spiro atoms. The predicted octanol–water partition coefficient (Wildman–Crippen LogP) is 0.579. The first-order chi connectivity index (χ1) is 6.58. The number of thioether (sulfide) groups is 1. The van der Waals surface area contributed by atoms with Gasteiger partial charge in [-0.15, -0.1) is 0 Å². The van der Waals surface area contributed by atoms with E-state index in [0.717, 1.165) is 18.1 Å². The number of carbonyl (C=O) groups is 1. The van der Waals surface area contributed by atoms with Gasteiger partial charge in [-0.25, -0.2) is 0 Å². The summed E-state index contributed by atoms with van der Waals surface area (Å²) in [7, 11) is 0. The highest BCUT2D eigenvalue weighted by atomic mass is 32.2. The zero-order chi connectivity index (χ0) is 10.6. The third kappa shape index (κ3) is 4.00. The number of rotatable bonds is 4. The molecular weight excluding hydrogens is 198 g/mol. The fourth-order valence-electron chi connectivity index (χ4n) is 1.33. The van der Waals surface area contributed by atoms with Crippen molar-refractivity contribution in [3.63, 3.8) is 0 Å². The molecule has 0 aromatic rings. The van der Waals surface area contributed by atoms with Crippen molar-refractivity contribution < 1.29 is 4.79 Å². The molecule has 5 heteroatoms. The number of amidine groups is 1. The molecule has 0 aliphatic carbocycles. The van der Waals surface area contributed by atoms with Crippen LogP contribution in [0.25, 0.3) is 0 Å². The maximum Gasteiger partial charge on any atom is 0.236 e. The third-order valence-electron chi connectivity index (χ3n) is 1.86. The van der Waals surface area contributed by atoms with Gasteiger partial charge < -0.3 is 11.1 Å². The highest BCUT2D eigenvalue weighted by Crippen LogP contribution is 2.25. The summed E-state index contributed by atoms with van der Waals surface area (Å²) in [4.78, 5) is 14.8. The Bertz CT molecular complexity index is 240. The molecule has 14 heavy (non-hydrogen) atoms. The van der Waals surface area contributed by atoms with Crippen LogP contribution in [0.5, 0.6) is 0 Å². The summed E-state index contributed by atoms with van der Waals surface area (Å²) in [6.07, 6.45) is 1.16. The molecule has 0 aromatic carbocycles. The van der Waals surface area contributed by atoms with Gasteiger partial charge in [-0.1, -0.05) is 25.6 Å². The molecule has 0 radical (unpaired) electrons. The molecule has 4 nitrogen and oxygen atoms in total. The molecule has 1 heterocycles. The highest BCUT2D eigenvalue weighted by molar-refractivity contribution is 8.14. The smallest absolute Gasteiger partial charge is 0.236 e. The van der Waals surface area contributed by atoms with Crippen LogP contribution in [0, 0.1) is 5.92 Å². The van der Waals surface area contributed by atoms with Gasteiger partial charge in [0.2, 0.25) is 5.91 Å². The van der Waals surface area contributed by atoms with Gasteiger partial charge in [0.1, 0.15) is 0 Å². The van der Waals surface area contributed by atoms with Crippen LogP contribution in [0.3, 0.4) is 0 Å². The minimum absolute atomic E-state index is 0.181. The highest BCUT2D eigenvalue weighted by Gasteiger charge is 2.20. The van der Waals surface area contributed by atoms with Crippen LogP contribution in [0.1, 0.15) is 20.3 Å². The number of primary amides is 1. The molecule has 0 aromatic heterocycles. The van der Waals surface area contributed by atoms with E-state index in [4.69, 9.17) is 5.73 Å². The average molecular weight is 215 g/mol. The van der Waals surface area contributed by atoms with Crippen LogP contribution in [0.4, 0.5) is 0 Å². The van der Waals surface area contributed by atoms with Crippen molar-refractivity contribution in [3.05, 3.63) is 0 Å². The zero-order valence-electron chi connectivity index (χ0n) is 8.62. The Morgan fingerprint density at radius 3 is 3.07 bits per heavy atom. The molecule has 0 saturated heterocycles. The summed E-state index contributed by atoms with van der Waals surface area (Å²) in [5, 5.41) is 4.34. The van der Waals surface area contributed by atoms with Crippen LogP contribution in [-0.2, 0) is 4.79 Å². The van der Waals surface area contributed by atoms with Gasteiger partial charge in [0.05, 0.1) is 13.1 Å². The van der Waals surface area contributed by atoms with E-state index in [1.165, 1.54) is 0 Å². The van der Waals surface area contributed by atoms with E-state index in [-0.39, 0.29) is 12.5 Å². The van der Waals surface area contributed by atoms with Crippen molar-refractivity contribution in [2.24, 2.45) is 16.6 Å². The summed E-state index contributed by atoms with van der Waals surface area (Å²) < 4.78 is 0. The van der Waals surface area contributed by atoms with Gasteiger partial charge in [0, 0.05) is 5.25 Å². The first kappa shape index (κ1) is 11.4. The Morgan fingerprint density at radius 1 is 1.79 bits per heavy atom. The van der Waals surface area contributed by atoms with E-state index in [1.54, 1.807) is 11.8 Å². The topological polar surface area (TPSA) is 67.5 Å². The van der Waals surface area contributed by atoms with E-state index < -0.39 is 0 Å². The number of amides is 1. The Kier molecular flexibility index (Phi) is 4.25. The normalized spacial score (nSPS) is 21.1. The molecule has 1 amide bonds. The van der Waals surface area contributed by atoms with Crippen LogP contribution < -0.4 is 11.1 Å². The summed E-state index contributed by atoms with van der Waals surface area (Å²) in [5.74, 6) is 0.346. The van der Waals surface area contributed by atoms with Crippen LogP contribution >= 0.6 is 11.8 Å². The molecule has 1 aliphatic rings. The second-order valence-electron chi connectivity index (χ2n) is 3.84. The molecule has 0 bridgehead atoms. The number of hydrogen-bond donors (Lipinski definition) is 2. The van der Waals surface area contributed by atoms with Crippen molar-refractivity contribution in [1.29, 1.82) is 0 Å². The monoisotopic (exact) mass is 215 g/mol. The molecule has 0 fully saturated rings. The Morgan fingerprint density at radius 2 is 2.50 bits per heavy atom. The maximum atomic E-state index is 10.5. The number of carbonyl (C=O) groups excluding carboxylic acids is 1. The van der Waals surface area contributed by atoms with Crippen molar-refractivity contribution >= 4 is 22.8 Å². The lowest BCUT2D eigenvalue weighted by atomic mass is 10.1. The summed E-state index contributed by atoms with van der Waals surface area (Å²) >= 11 is 1.71. The summed E-state index contributed by atoms with van der Waals surface area (Å²) in [6, 6.07) is 0. The second kappa shape index (κ2) is 5.24. The van der Waals surface area contributed by atoms with E-state index in [9.17, 15) is 4.79 Å². The predicted molar refractivity (Wildman–Crippen MR) is 60.3 cm³/mol. The van der Waals surface area contributed by atoms with Crippen LogP contribution in [-0.4, -0.2) is 29.4 Å². The number of nitrogens with zero attached hydrogens (tertiary/aromatic N) is 1. The van der Waals surface area contributed by atoms with Gasteiger partial charge in [0.15, 0.2) is 5.17 Å². The molecule has 80 valence electrons. The number of nitrogens with one attached hydrogen (secondary N) is 1. The first-order valence-corrected chi connectivity index (χ1v) is 5.69. The van der Waals surface area contributed by atoms with Gasteiger partial charge >= 0.3 is 0 Å². The largest absolute Gasteiger partial charge is 0.368 e. The minimum Gasteiger partial charge on any atom is -0.368 e. The Balaban J connectivity index is 2.22. The quantitative estimate of drug-likeness (QED) is 0.721. The lowest BCUT2D eigenvalue weighted by Gasteiger charge is -2.10. The molecule has 3 N–H and O–H groups in total. The van der Waals surface area contributed by atoms with E-state index in [2.05, 4.69) is 24.2 Å².